The largest absolute Gasteiger partial charge is 0.481 e. The first-order valence-corrected chi connectivity index (χ1v) is 4.01. The minimum atomic E-state index is -1.76. The molecule has 0 spiro atoms. The molecule has 0 radical (unpaired) electrons. The lowest BCUT2D eigenvalue weighted by Crippen LogP contribution is -2.24. The second kappa shape index (κ2) is 7.28. The number of aliphatic carboxylic acids is 2. The molecule has 0 saturated heterocycles. The Balaban J connectivity index is 0. The summed E-state index contributed by atoms with van der Waals surface area (Å²) >= 11 is 0. The van der Waals surface area contributed by atoms with Crippen LogP contribution < -0.4 is 0 Å². The van der Waals surface area contributed by atoms with Crippen LogP contribution in [0.2, 0.25) is 0 Å². The maximum atomic E-state index is 9.82. The molecule has 4 N–H and O–H groups in total. The van der Waals surface area contributed by atoms with Crippen LogP contribution in [0.1, 0.15) is 20.8 Å². The zero-order valence-corrected chi connectivity index (χ0v) is 8.34. The summed E-state index contributed by atoms with van der Waals surface area (Å²) in [6.07, 6.45) is -1.76. The molecule has 0 aromatic rings. The van der Waals surface area contributed by atoms with E-state index >= 15 is 0 Å². The van der Waals surface area contributed by atoms with Crippen molar-refractivity contribution in [2.45, 2.75) is 27.1 Å². The van der Waals surface area contributed by atoms with Gasteiger partial charge in [0.25, 0.3) is 0 Å². The fourth-order valence-electron chi connectivity index (χ4n) is 0.128. The number of carboxylic acid groups (broad SMARTS) is 2. The van der Waals surface area contributed by atoms with Crippen LogP contribution in [0, 0.1) is 11.8 Å². The van der Waals surface area contributed by atoms with E-state index in [0.29, 0.717) is 0 Å². The van der Waals surface area contributed by atoms with Gasteiger partial charge >= 0.3 is 11.9 Å². The van der Waals surface area contributed by atoms with Crippen LogP contribution >= 0.6 is 0 Å². The average molecular weight is 208 g/mol. The average Bonchev–Trinajstić information content (AvgIpc) is 2.03. The molecular formula is C8H16O6. The number of aliphatic hydroxyl groups is 2. The summed E-state index contributed by atoms with van der Waals surface area (Å²) in [4.78, 5) is 19.5. The second-order valence-electron chi connectivity index (χ2n) is 3.03. The van der Waals surface area contributed by atoms with E-state index in [9.17, 15) is 9.59 Å². The van der Waals surface area contributed by atoms with E-state index in [4.69, 9.17) is 20.4 Å². The number of aliphatic hydroxyl groups excluding tert-OH is 1. The SMILES string of the molecule is CC(C(=O)O)C(O)O.CC(C)C(=O)O. The third kappa shape index (κ3) is 8.95. The zero-order chi connectivity index (χ0) is 11.9. The van der Waals surface area contributed by atoms with Crippen molar-refractivity contribution in [3.63, 3.8) is 0 Å². The molecule has 1 atom stereocenters. The standard InChI is InChI=1S/C4H8O4.C4H8O2/c1-2(3(5)6)4(7)8;1-3(2)4(5)6/h2-3,5-6H,1H3,(H,7,8);3H,1-2H3,(H,5,6). The lowest BCUT2D eigenvalue weighted by atomic mass is 10.2. The van der Waals surface area contributed by atoms with Gasteiger partial charge in [-0.3, -0.25) is 9.59 Å². The lowest BCUT2D eigenvalue weighted by Gasteiger charge is -2.05. The van der Waals surface area contributed by atoms with E-state index in [1.54, 1.807) is 13.8 Å². The van der Waals surface area contributed by atoms with E-state index < -0.39 is 24.1 Å². The molecule has 0 bridgehead atoms. The van der Waals surface area contributed by atoms with Gasteiger partial charge in [-0.15, -0.1) is 0 Å². The zero-order valence-electron chi connectivity index (χ0n) is 8.34. The summed E-state index contributed by atoms with van der Waals surface area (Å²) in [5.41, 5.74) is 0. The van der Waals surface area contributed by atoms with Crippen molar-refractivity contribution in [1.82, 2.24) is 0 Å². The topological polar surface area (TPSA) is 115 Å². The van der Waals surface area contributed by atoms with Gasteiger partial charge in [-0.1, -0.05) is 13.8 Å². The van der Waals surface area contributed by atoms with E-state index in [-0.39, 0.29) is 5.92 Å². The molecule has 0 fully saturated rings. The van der Waals surface area contributed by atoms with Crippen LogP contribution in [-0.2, 0) is 9.59 Å². The number of carbonyl (C=O) groups is 2. The fourth-order valence-corrected chi connectivity index (χ4v) is 0.128. The van der Waals surface area contributed by atoms with Gasteiger partial charge in [0.05, 0.1) is 5.92 Å². The normalized spacial score (nSPS) is 11.9. The molecule has 84 valence electrons. The molecule has 0 aliphatic heterocycles. The van der Waals surface area contributed by atoms with Gasteiger partial charge in [0.15, 0.2) is 6.29 Å². The Morgan fingerprint density at radius 1 is 0.929 bits per heavy atom. The molecule has 0 heterocycles. The molecular weight excluding hydrogens is 192 g/mol. The monoisotopic (exact) mass is 208 g/mol. The molecule has 0 aromatic heterocycles. The van der Waals surface area contributed by atoms with Gasteiger partial charge in [-0.05, 0) is 6.92 Å². The summed E-state index contributed by atoms with van der Waals surface area (Å²) in [6, 6.07) is 0. The molecule has 0 aliphatic rings. The van der Waals surface area contributed by atoms with Gasteiger partial charge in [0, 0.05) is 0 Å². The maximum Gasteiger partial charge on any atom is 0.311 e. The molecule has 0 rings (SSSR count). The second-order valence-corrected chi connectivity index (χ2v) is 3.03. The van der Waals surface area contributed by atoms with Crippen molar-refractivity contribution in [3.8, 4) is 0 Å². The molecule has 6 nitrogen and oxygen atoms in total. The predicted molar refractivity (Wildman–Crippen MR) is 47.5 cm³/mol. The Morgan fingerprint density at radius 2 is 1.21 bits per heavy atom. The first-order valence-electron chi connectivity index (χ1n) is 4.01. The molecule has 6 heteroatoms. The highest BCUT2D eigenvalue weighted by atomic mass is 16.5. The quantitative estimate of drug-likeness (QED) is 0.475. The Morgan fingerprint density at radius 3 is 1.21 bits per heavy atom. The van der Waals surface area contributed by atoms with Gasteiger partial charge in [-0.25, -0.2) is 0 Å². The lowest BCUT2D eigenvalue weighted by molar-refractivity contribution is -0.156. The van der Waals surface area contributed by atoms with E-state index in [1.807, 2.05) is 0 Å². The van der Waals surface area contributed by atoms with Gasteiger partial charge in [-0.2, -0.15) is 0 Å². The van der Waals surface area contributed by atoms with Gasteiger partial charge in [0.1, 0.15) is 5.92 Å². The summed E-state index contributed by atoms with van der Waals surface area (Å²) in [7, 11) is 0. The van der Waals surface area contributed by atoms with Crippen molar-refractivity contribution in [2.75, 3.05) is 0 Å². The molecule has 14 heavy (non-hydrogen) atoms. The maximum absolute atomic E-state index is 9.82. The number of carboxylic acids is 2. The van der Waals surface area contributed by atoms with Crippen LogP contribution in [0.15, 0.2) is 0 Å². The highest BCUT2D eigenvalue weighted by molar-refractivity contribution is 5.69. The molecule has 0 amide bonds. The first kappa shape index (κ1) is 15.3. The molecule has 0 aromatic carbocycles. The summed E-state index contributed by atoms with van der Waals surface area (Å²) in [5.74, 6) is -3.28. The Labute approximate surface area is 81.8 Å². The van der Waals surface area contributed by atoms with Gasteiger partial charge < -0.3 is 20.4 Å². The summed E-state index contributed by atoms with van der Waals surface area (Å²) < 4.78 is 0. The summed E-state index contributed by atoms with van der Waals surface area (Å²) in [5, 5.41) is 32.4. The molecule has 0 aliphatic carbocycles. The first-order chi connectivity index (χ1) is 6.20. The van der Waals surface area contributed by atoms with Crippen LogP contribution in [-0.4, -0.2) is 38.7 Å². The van der Waals surface area contributed by atoms with Crippen LogP contribution in [0.3, 0.4) is 0 Å². The van der Waals surface area contributed by atoms with E-state index in [2.05, 4.69) is 0 Å². The Bertz CT molecular complexity index is 186. The molecule has 1 unspecified atom stereocenters. The minimum absolute atomic E-state index is 0.231. The highest BCUT2D eigenvalue weighted by Gasteiger charge is 2.17. The number of rotatable bonds is 3. The van der Waals surface area contributed by atoms with Crippen LogP contribution in [0.5, 0.6) is 0 Å². The third-order valence-corrected chi connectivity index (χ3v) is 1.33. The van der Waals surface area contributed by atoms with E-state index in [0.717, 1.165) is 0 Å². The Hall–Kier alpha value is -1.14. The van der Waals surface area contributed by atoms with E-state index in [1.165, 1.54) is 6.92 Å². The van der Waals surface area contributed by atoms with Gasteiger partial charge in [0.2, 0.25) is 0 Å². The third-order valence-electron chi connectivity index (χ3n) is 1.33. The highest BCUT2D eigenvalue weighted by Crippen LogP contribution is 1.97. The van der Waals surface area contributed by atoms with Crippen LogP contribution in [0.25, 0.3) is 0 Å². The molecule has 0 saturated carbocycles. The van der Waals surface area contributed by atoms with Crippen molar-refractivity contribution >= 4 is 11.9 Å². The van der Waals surface area contributed by atoms with Crippen molar-refractivity contribution in [3.05, 3.63) is 0 Å². The van der Waals surface area contributed by atoms with Crippen LogP contribution in [0.4, 0.5) is 0 Å². The smallest absolute Gasteiger partial charge is 0.311 e. The fraction of sp³-hybridized carbons (Fsp3) is 0.750. The Kier molecular flexibility index (Phi) is 7.98. The predicted octanol–water partition coefficient (Wildman–Crippen LogP) is -0.255. The number of hydrogen-bond acceptors (Lipinski definition) is 4. The summed E-state index contributed by atoms with van der Waals surface area (Å²) in [6.45, 7) is 4.50. The minimum Gasteiger partial charge on any atom is -0.481 e. The number of hydrogen-bond donors (Lipinski definition) is 4. The van der Waals surface area contributed by atoms with Crippen molar-refractivity contribution < 1.29 is 30.0 Å². The van der Waals surface area contributed by atoms with Crippen molar-refractivity contribution in [2.24, 2.45) is 11.8 Å². The van der Waals surface area contributed by atoms with Crippen molar-refractivity contribution in [1.29, 1.82) is 0 Å².